The molecule has 1 N–H and O–H groups in total. The maximum absolute atomic E-state index is 12.7. The molecule has 27 heavy (non-hydrogen) atoms. The molecule has 0 aliphatic carbocycles. The van der Waals surface area contributed by atoms with Crippen molar-refractivity contribution in [2.24, 2.45) is 0 Å². The molecule has 1 unspecified atom stereocenters. The summed E-state index contributed by atoms with van der Waals surface area (Å²) in [5, 5.41) is 12.1. The molecule has 0 saturated heterocycles. The number of pyridine rings is 1. The van der Waals surface area contributed by atoms with Crippen LogP contribution >= 0.6 is 0 Å². The number of fused-ring (bicyclic) bond motifs is 1. The van der Waals surface area contributed by atoms with Gasteiger partial charge in [0.1, 0.15) is 6.04 Å². The van der Waals surface area contributed by atoms with Gasteiger partial charge in [0, 0.05) is 30.0 Å². The Labute approximate surface area is 154 Å². The van der Waals surface area contributed by atoms with E-state index >= 15 is 0 Å². The maximum Gasteiger partial charge on any atom is 0.267 e. The SMILES string of the molecule is CC(C(=O)Nc1cccc2cccnc12)n1nc(-n2cccn2)ccc1=O. The molecule has 3 heterocycles. The van der Waals surface area contributed by atoms with Crippen molar-refractivity contribution in [1.29, 1.82) is 0 Å². The Bertz CT molecular complexity index is 1160. The minimum atomic E-state index is -0.813. The molecular formula is C19H16N6O2. The number of anilines is 1. The summed E-state index contributed by atoms with van der Waals surface area (Å²) in [6.07, 6.45) is 4.99. The van der Waals surface area contributed by atoms with Gasteiger partial charge < -0.3 is 5.32 Å². The lowest BCUT2D eigenvalue weighted by molar-refractivity contribution is -0.119. The number of rotatable bonds is 4. The fraction of sp³-hybridized carbons (Fsp3) is 0.105. The molecule has 0 fully saturated rings. The van der Waals surface area contributed by atoms with E-state index in [1.165, 1.54) is 10.7 Å². The van der Waals surface area contributed by atoms with Gasteiger partial charge in [0.2, 0.25) is 5.91 Å². The van der Waals surface area contributed by atoms with Crippen LogP contribution in [0.3, 0.4) is 0 Å². The van der Waals surface area contributed by atoms with Crippen LogP contribution in [0.15, 0.2) is 71.9 Å². The first-order valence-corrected chi connectivity index (χ1v) is 8.38. The number of aromatic nitrogens is 5. The molecule has 1 amide bonds. The summed E-state index contributed by atoms with van der Waals surface area (Å²) in [4.78, 5) is 29.3. The molecular weight excluding hydrogens is 344 g/mol. The van der Waals surface area contributed by atoms with E-state index < -0.39 is 6.04 Å². The summed E-state index contributed by atoms with van der Waals surface area (Å²) in [6.45, 7) is 1.62. The predicted molar refractivity (Wildman–Crippen MR) is 101 cm³/mol. The third kappa shape index (κ3) is 3.20. The average Bonchev–Trinajstić information content (AvgIpc) is 3.23. The van der Waals surface area contributed by atoms with Gasteiger partial charge in [-0.25, -0.2) is 9.36 Å². The standard InChI is InChI=1S/C19H16N6O2/c1-13(25-17(26)9-8-16(23-25)24-12-4-11-21-24)19(27)22-15-7-2-5-14-6-3-10-20-18(14)15/h2-13H,1H3,(H,22,27). The summed E-state index contributed by atoms with van der Waals surface area (Å²) in [5.41, 5.74) is 0.900. The van der Waals surface area contributed by atoms with Crippen molar-refractivity contribution in [3.63, 3.8) is 0 Å². The first-order chi connectivity index (χ1) is 13.1. The van der Waals surface area contributed by atoms with Gasteiger partial charge in [0.05, 0.1) is 11.2 Å². The van der Waals surface area contributed by atoms with E-state index in [2.05, 4.69) is 20.5 Å². The summed E-state index contributed by atoms with van der Waals surface area (Å²) < 4.78 is 2.67. The van der Waals surface area contributed by atoms with Gasteiger partial charge in [-0.1, -0.05) is 18.2 Å². The normalized spacial score (nSPS) is 12.0. The van der Waals surface area contributed by atoms with Gasteiger partial charge in [-0.15, -0.1) is 5.10 Å². The molecule has 0 saturated carbocycles. The van der Waals surface area contributed by atoms with Crippen LogP contribution in [0.5, 0.6) is 0 Å². The van der Waals surface area contributed by atoms with Crippen LogP contribution in [0.2, 0.25) is 0 Å². The first-order valence-electron chi connectivity index (χ1n) is 8.38. The van der Waals surface area contributed by atoms with Gasteiger partial charge in [0.25, 0.3) is 5.56 Å². The van der Waals surface area contributed by atoms with Crippen molar-refractivity contribution < 1.29 is 4.79 Å². The van der Waals surface area contributed by atoms with E-state index in [1.807, 2.05) is 24.3 Å². The molecule has 1 atom stereocenters. The number of benzene rings is 1. The molecule has 0 aliphatic heterocycles. The predicted octanol–water partition coefficient (Wildman–Crippen LogP) is 2.18. The number of carbonyl (C=O) groups excluding carboxylic acids is 1. The Morgan fingerprint density at radius 3 is 2.74 bits per heavy atom. The van der Waals surface area contributed by atoms with Crippen LogP contribution in [0.1, 0.15) is 13.0 Å². The highest BCUT2D eigenvalue weighted by Crippen LogP contribution is 2.21. The minimum Gasteiger partial charge on any atom is -0.322 e. The molecule has 0 radical (unpaired) electrons. The lowest BCUT2D eigenvalue weighted by atomic mass is 10.2. The summed E-state index contributed by atoms with van der Waals surface area (Å²) in [6, 6.07) is 13.2. The topological polar surface area (TPSA) is 94.7 Å². The van der Waals surface area contributed by atoms with Crippen molar-refractivity contribution in [1.82, 2.24) is 24.5 Å². The number of amides is 1. The van der Waals surface area contributed by atoms with Crippen LogP contribution in [-0.4, -0.2) is 30.5 Å². The van der Waals surface area contributed by atoms with Crippen molar-refractivity contribution in [2.45, 2.75) is 13.0 Å². The van der Waals surface area contributed by atoms with E-state index in [9.17, 15) is 9.59 Å². The summed E-state index contributed by atoms with van der Waals surface area (Å²) >= 11 is 0. The van der Waals surface area contributed by atoms with Gasteiger partial charge >= 0.3 is 0 Å². The van der Waals surface area contributed by atoms with E-state index in [1.54, 1.807) is 43.7 Å². The molecule has 1 aromatic carbocycles. The maximum atomic E-state index is 12.7. The van der Waals surface area contributed by atoms with E-state index in [0.29, 0.717) is 17.0 Å². The third-order valence-corrected chi connectivity index (χ3v) is 4.19. The third-order valence-electron chi connectivity index (χ3n) is 4.19. The Morgan fingerprint density at radius 1 is 1.07 bits per heavy atom. The zero-order chi connectivity index (χ0) is 18.8. The van der Waals surface area contributed by atoms with E-state index in [-0.39, 0.29) is 11.5 Å². The highest BCUT2D eigenvalue weighted by molar-refractivity contribution is 6.01. The van der Waals surface area contributed by atoms with Gasteiger partial charge in [-0.3, -0.25) is 14.6 Å². The van der Waals surface area contributed by atoms with Crippen molar-refractivity contribution in [2.75, 3.05) is 5.32 Å². The van der Waals surface area contributed by atoms with Gasteiger partial charge in [0.15, 0.2) is 5.82 Å². The van der Waals surface area contributed by atoms with E-state index in [0.717, 1.165) is 10.1 Å². The van der Waals surface area contributed by atoms with Crippen LogP contribution in [0.25, 0.3) is 16.7 Å². The molecule has 4 rings (SSSR count). The second-order valence-corrected chi connectivity index (χ2v) is 5.97. The highest BCUT2D eigenvalue weighted by atomic mass is 16.2. The zero-order valence-corrected chi connectivity index (χ0v) is 14.5. The average molecular weight is 360 g/mol. The molecule has 0 aliphatic rings. The van der Waals surface area contributed by atoms with Gasteiger partial charge in [-0.05, 0) is 31.2 Å². The number of para-hydroxylation sites is 1. The molecule has 134 valence electrons. The zero-order valence-electron chi connectivity index (χ0n) is 14.5. The smallest absolute Gasteiger partial charge is 0.267 e. The molecule has 4 aromatic rings. The molecule has 8 nitrogen and oxygen atoms in total. The Morgan fingerprint density at radius 2 is 1.93 bits per heavy atom. The van der Waals surface area contributed by atoms with Gasteiger partial charge in [-0.2, -0.15) is 5.10 Å². The Kier molecular flexibility index (Phi) is 4.21. The number of nitrogens with zero attached hydrogens (tertiary/aromatic N) is 5. The first kappa shape index (κ1) is 16.6. The second-order valence-electron chi connectivity index (χ2n) is 5.97. The molecule has 0 spiro atoms. The van der Waals surface area contributed by atoms with Crippen LogP contribution in [-0.2, 0) is 4.79 Å². The van der Waals surface area contributed by atoms with Crippen molar-refractivity contribution in [3.8, 4) is 5.82 Å². The summed E-state index contributed by atoms with van der Waals surface area (Å²) in [5.74, 6) is 0.0893. The van der Waals surface area contributed by atoms with Crippen molar-refractivity contribution >= 4 is 22.5 Å². The number of hydrogen-bond donors (Lipinski definition) is 1. The monoisotopic (exact) mass is 360 g/mol. The number of hydrogen-bond acceptors (Lipinski definition) is 5. The molecule has 0 bridgehead atoms. The van der Waals surface area contributed by atoms with Crippen LogP contribution in [0.4, 0.5) is 5.69 Å². The summed E-state index contributed by atoms with van der Waals surface area (Å²) in [7, 11) is 0. The molecule has 3 aromatic heterocycles. The fourth-order valence-corrected chi connectivity index (χ4v) is 2.77. The highest BCUT2D eigenvalue weighted by Gasteiger charge is 2.19. The van der Waals surface area contributed by atoms with E-state index in [4.69, 9.17) is 0 Å². The minimum absolute atomic E-state index is 0.361. The Balaban J connectivity index is 1.64. The molecule has 8 heteroatoms. The van der Waals surface area contributed by atoms with Crippen LogP contribution in [0, 0.1) is 0 Å². The Hall–Kier alpha value is -3.81. The lowest BCUT2D eigenvalue weighted by Gasteiger charge is -2.15. The quantitative estimate of drug-likeness (QED) is 0.602. The number of carbonyl (C=O) groups is 1. The van der Waals surface area contributed by atoms with Crippen molar-refractivity contribution in [3.05, 3.63) is 77.5 Å². The fourth-order valence-electron chi connectivity index (χ4n) is 2.77. The largest absolute Gasteiger partial charge is 0.322 e. The lowest BCUT2D eigenvalue weighted by Crippen LogP contribution is -2.33. The van der Waals surface area contributed by atoms with Crippen LogP contribution < -0.4 is 10.9 Å². The second kappa shape index (κ2) is 6.83. The number of nitrogens with one attached hydrogen (secondary N) is 1.